The van der Waals surface area contributed by atoms with Crippen LogP contribution in [0.15, 0.2) is 31.0 Å². The van der Waals surface area contributed by atoms with Crippen molar-refractivity contribution in [3.05, 3.63) is 47.8 Å². The molecule has 1 aliphatic rings. The Balaban J connectivity index is 1.51. The van der Waals surface area contributed by atoms with Gasteiger partial charge in [-0.3, -0.25) is 0 Å². The highest BCUT2D eigenvalue weighted by Crippen LogP contribution is 2.36. The normalized spacial score (nSPS) is 16.6. The van der Waals surface area contributed by atoms with Crippen LogP contribution in [0.4, 0.5) is 10.6 Å². The molecule has 1 amide bonds. The quantitative estimate of drug-likeness (QED) is 0.450. The molecule has 0 bridgehead atoms. The van der Waals surface area contributed by atoms with Crippen LogP contribution in [0.3, 0.4) is 0 Å². The van der Waals surface area contributed by atoms with E-state index >= 15 is 0 Å². The van der Waals surface area contributed by atoms with Gasteiger partial charge in [0.2, 0.25) is 0 Å². The number of carbonyl (C=O) groups excluding carboxylic acids is 2. The summed E-state index contributed by atoms with van der Waals surface area (Å²) in [7, 11) is 0. The summed E-state index contributed by atoms with van der Waals surface area (Å²) in [5, 5.41) is 7.13. The Morgan fingerprint density at radius 1 is 1.27 bits per heavy atom. The van der Waals surface area contributed by atoms with E-state index in [0.717, 1.165) is 36.5 Å². The summed E-state index contributed by atoms with van der Waals surface area (Å²) in [5.41, 5.74) is 2.26. The van der Waals surface area contributed by atoms with Gasteiger partial charge in [-0.05, 0) is 66.4 Å². The molecular weight excluding hydrogens is 474 g/mol. The molecule has 0 saturated carbocycles. The maximum absolute atomic E-state index is 12.4. The van der Waals surface area contributed by atoms with Crippen molar-refractivity contribution < 1.29 is 19.1 Å². The molecular formula is C26H35N7O4. The fraction of sp³-hybridized carbons (Fsp3) is 0.538. The summed E-state index contributed by atoms with van der Waals surface area (Å²) in [6.45, 7) is 10.4. The number of alkyl carbamates (subject to hydrolysis) is 1. The van der Waals surface area contributed by atoms with Crippen molar-refractivity contribution in [1.82, 2.24) is 29.9 Å². The Labute approximate surface area is 216 Å². The van der Waals surface area contributed by atoms with Gasteiger partial charge in [0.1, 0.15) is 23.3 Å². The highest BCUT2D eigenvalue weighted by Gasteiger charge is 2.30. The fourth-order valence-electron chi connectivity index (χ4n) is 4.52. The lowest BCUT2D eigenvalue weighted by Gasteiger charge is -2.27. The SMILES string of the molecule is CCOC(=O)c1cnn2ccc(N3CCCC3c3cncnc3CC[C@@H](C)NC(=O)OC(C)(C)C)nc12. The van der Waals surface area contributed by atoms with E-state index in [-0.39, 0.29) is 18.7 Å². The third kappa shape index (κ3) is 6.33. The van der Waals surface area contributed by atoms with Gasteiger partial charge in [-0.15, -0.1) is 0 Å². The van der Waals surface area contributed by atoms with Crippen LogP contribution in [0.2, 0.25) is 0 Å². The number of nitrogens with one attached hydrogen (secondary N) is 1. The minimum absolute atomic E-state index is 0.0502. The van der Waals surface area contributed by atoms with Gasteiger partial charge in [0, 0.05) is 36.2 Å². The van der Waals surface area contributed by atoms with E-state index in [4.69, 9.17) is 14.5 Å². The van der Waals surface area contributed by atoms with Crippen LogP contribution in [-0.4, -0.2) is 61.4 Å². The second kappa shape index (κ2) is 11.1. The minimum atomic E-state index is -0.541. The molecule has 11 nitrogen and oxygen atoms in total. The maximum atomic E-state index is 12.4. The third-order valence-electron chi connectivity index (χ3n) is 6.16. The van der Waals surface area contributed by atoms with E-state index in [0.29, 0.717) is 24.1 Å². The Morgan fingerprint density at radius 3 is 2.84 bits per heavy atom. The van der Waals surface area contributed by atoms with Gasteiger partial charge < -0.3 is 19.7 Å². The lowest BCUT2D eigenvalue weighted by Crippen LogP contribution is -2.38. The molecule has 0 radical (unpaired) electrons. The number of fused-ring (bicyclic) bond motifs is 1. The predicted molar refractivity (Wildman–Crippen MR) is 137 cm³/mol. The number of carbonyl (C=O) groups is 2. The number of rotatable bonds is 8. The molecule has 2 atom stereocenters. The van der Waals surface area contributed by atoms with Crippen LogP contribution in [0.1, 0.15) is 81.5 Å². The zero-order chi connectivity index (χ0) is 26.6. The summed E-state index contributed by atoms with van der Waals surface area (Å²) in [6.07, 6.45) is 9.62. The van der Waals surface area contributed by atoms with Gasteiger partial charge in [0.25, 0.3) is 0 Å². The first-order valence-electron chi connectivity index (χ1n) is 12.7. The largest absolute Gasteiger partial charge is 0.462 e. The number of aromatic nitrogens is 5. The molecule has 4 rings (SSSR count). The lowest BCUT2D eigenvalue weighted by atomic mass is 10.00. The van der Waals surface area contributed by atoms with Gasteiger partial charge in [-0.1, -0.05) is 0 Å². The predicted octanol–water partition coefficient (Wildman–Crippen LogP) is 3.88. The summed E-state index contributed by atoms with van der Waals surface area (Å²) in [6, 6.07) is 1.88. The van der Waals surface area contributed by atoms with Crippen molar-refractivity contribution >= 4 is 23.5 Å². The van der Waals surface area contributed by atoms with Crippen molar-refractivity contribution in [2.24, 2.45) is 0 Å². The molecule has 3 aromatic heterocycles. The number of ether oxygens (including phenoxy) is 2. The molecule has 1 aliphatic heterocycles. The van der Waals surface area contributed by atoms with E-state index < -0.39 is 17.7 Å². The van der Waals surface area contributed by atoms with E-state index in [2.05, 4.69) is 25.3 Å². The monoisotopic (exact) mass is 509 g/mol. The number of hydrogen-bond acceptors (Lipinski definition) is 9. The molecule has 37 heavy (non-hydrogen) atoms. The summed E-state index contributed by atoms with van der Waals surface area (Å²) >= 11 is 0. The van der Waals surface area contributed by atoms with Crippen molar-refractivity contribution in [3.63, 3.8) is 0 Å². The molecule has 1 saturated heterocycles. The third-order valence-corrected chi connectivity index (χ3v) is 6.16. The highest BCUT2D eigenvalue weighted by atomic mass is 16.6. The molecule has 1 N–H and O–H groups in total. The zero-order valence-electron chi connectivity index (χ0n) is 22.1. The van der Waals surface area contributed by atoms with Gasteiger partial charge in [0.15, 0.2) is 5.65 Å². The van der Waals surface area contributed by atoms with Crippen LogP contribution < -0.4 is 10.2 Å². The van der Waals surface area contributed by atoms with E-state index in [1.807, 2.05) is 46.2 Å². The molecule has 0 aliphatic carbocycles. The molecule has 3 aromatic rings. The summed E-state index contributed by atoms with van der Waals surface area (Å²) in [4.78, 5) is 40.4. The van der Waals surface area contributed by atoms with Gasteiger partial charge >= 0.3 is 12.1 Å². The van der Waals surface area contributed by atoms with Gasteiger partial charge in [0.05, 0.1) is 18.8 Å². The highest BCUT2D eigenvalue weighted by molar-refractivity contribution is 5.95. The molecule has 0 spiro atoms. The second-order valence-electron chi connectivity index (χ2n) is 10.2. The van der Waals surface area contributed by atoms with Crippen LogP contribution in [0.5, 0.6) is 0 Å². The zero-order valence-corrected chi connectivity index (χ0v) is 22.1. The molecule has 4 heterocycles. The van der Waals surface area contributed by atoms with Crippen LogP contribution in [-0.2, 0) is 15.9 Å². The average molecular weight is 510 g/mol. The Bertz CT molecular complexity index is 1250. The Morgan fingerprint density at radius 2 is 2.08 bits per heavy atom. The first kappa shape index (κ1) is 26.3. The van der Waals surface area contributed by atoms with Crippen molar-refractivity contribution in [1.29, 1.82) is 0 Å². The first-order valence-corrected chi connectivity index (χ1v) is 12.7. The average Bonchev–Trinajstić information content (AvgIpc) is 3.49. The smallest absolute Gasteiger partial charge is 0.407 e. The number of anilines is 1. The molecule has 11 heteroatoms. The number of nitrogens with zero attached hydrogens (tertiary/aromatic N) is 6. The Kier molecular flexibility index (Phi) is 7.89. The first-order chi connectivity index (χ1) is 17.7. The second-order valence-corrected chi connectivity index (χ2v) is 10.2. The fourth-order valence-corrected chi connectivity index (χ4v) is 4.52. The van der Waals surface area contributed by atoms with Crippen molar-refractivity contribution in [2.75, 3.05) is 18.1 Å². The molecule has 198 valence electrons. The minimum Gasteiger partial charge on any atom is -0.462 e. The summed E-state index contributed by atoms with van der Waals surface area (Å²) < 4.78 is 12.1. The standard InChI is InChI=1S/C26H35N7O4/c1-6-36-24(34)19-15-29-33-13-11-22(31-23(19)33)32-12-7-8-21(32)18-14-27-16-28-20(18)10-9-17(2)30-25(35)37-26(3,4)5/h11,13-17,21H,6-10,12H2,1-5H3,(H,30,35)/t17-,21?/m1/s1. The number of amides is 1. The van der Waals surface area contributed by atoms with Gasteiger partial charge in [-0.25, -0.2) is 29.1 Å². The Hall–Kier alpha value is -3.76. The number of esters is 1. The van der Waals surface area contributed by atoms with E-state index in [9.17, 15) is 9.59 Å². The van der Waals surface area contributed by atoms with Crippen LogP contribution >= 0.6 is 0 Å². The molecule has 1 unspecified atom stereocenters. The molecule has 0 aromatic carbocycles. The topological polar surface area (TPSA) is 124 Å². The van der Waals surface area contributed by atoms with E-state index in [1.165, 1.54) is 6.20 Å². The van der Waals surface area contributed by atoms with Gasteiger partial charge in [-0.2, -0.15) is 5.10 Å². The van der Waals surface area contributed by atoms with Crippen molar-refractivity contribution in [3.8, 4) is 0 Å². The number of hydrogen-bond donors (Lipinski definition) is 1. The maximum Gasteiger partial charge on any atom is 0.407 e. The van der Waals surface area contributed by atoms with Crippen LogP contribution in [0.25, 0.3) is 5.65 Å². The summed E-state index contributed by atoms with van der Waals surface area (Å²) in [5.74, 6) is 0.323. The van der Waals surface area contributed by atoms with E-state index in [1.54, 1.807) is 17.8 Å². The molecule has 1 fully saturated rings. The van der Waals surface area contributed by atoms with Crippen LogP contribution in [0, 0.1) is 0 Å². The number of aryl methyl sites for hydroxylation is 1. The van der Waals surface area contributed by atoms with Crippen molar-refractivity contribution in [2.45, 2.75) is 78.0 Å². The lowest BCUT2D eigenvalue weighted by molar-refractivity contribution is 0.0502.